The Balaban J connectivity index is 2.02. The molecule has 1 atom stereocenters. The first-order chi connectivity index (χ1) is 14.1. The lowest BCUT2D eigenvalue weighted by Gasteiger charge is -2.18. The van der Waals surface area contributed by atoms with E-state index in [0.717, 1.165) is 40.1 Å². The molecule has 2 heterocycles. The van der Waals surface area contributed by atoms with Gasteiger partial charge in [0.1, 0.15) is 6.10 Å². The summed E-state index contributed by atoms with van der Waals surface area (Å²) in [7, 11) is 0. The predicted octanol–water partition coefficient (Wildman–Crippen LogP) is 6.49. The minimum atomic E-state index is -0.869. The molecular weight excluding hydrogens is 403 g/mol. The third kappa shape index (κ3) is 3.82. The molecule has 0 radical (unpaired) electrons. The molecule has 0 aliphatic heterocycles. The van der Waals surface area contributed by atoms with Crippen LogP contribution in [0.2, 0.25) is 10.0 Å². The zero-order valence-electron chi connectivity index (χ0n) is 15.9. The maximum Gasteiger partial charge on any atom is 0.121 e. The van der Waals surface area contributed by atoms with E-state index in [4.69, 9.17) is 23.2 Å². The van der Waals surface area contributed by atoms with E-state index in [0.29, 0.717) is 10.0 Å². The Morgan fingerprint density at radius 3 is 2.41 bits per heavy atom. The standard InChI is InChI=1S/C24H20Cl2N2O/c1-2-16-15-28(21-8-4-3-7-20(21)26)23(24(29)18-6-5-13-27-14-18)22(16)17-9-11-19(25)12-10-17/h3-15,24,29H,2H2,1H3. The topological polar surface area (TPSA) is 38.0 Å². The van der Waals surface area contributed by atoms with Gasteiger partial charge in [0.2, 0.25) is 0 Å². The molecule has 1 N–H and O–H groups in total. The summed E-state index contributed by atoms with van der Waals surface area (Å²) in [6, 6.07) is 19.0. The minimum Gasteiger partial charge on any atom is -0.382 e. The zero-order chi connectivity index (χ0) is 20.4. The van der Waals surface area contributed by atoms with E-state index >= 15 is 0 Å². The molecule has 0 saturated heterocycles. The first-order valence-corrected chi connectivity index (χ1v) is 10.2. The molecular formula is C24H20Cl2N2O. The molecule has 0 aliphatic rings. The van der Waals surface area contributed by atoms with Crippen LogP contribution in [0, 0.1) is 0 Å². The van der Waals surface area contributed by atoms with Gasteiger partial charge in [-0.15, -0.1) is 0 Å². The number of nitrogens with zero attached hydrogens (tertiary/aromatic N) is 2. The molecule has 0 aliphatic carbocycles. The van der Waals surface area contributed by atoms with E-state index < -0.39 is 6.10 Å². The number of hydrogen-bond acceptors (Lipinski definition) is 2. The van der Waals surface area contributed by atoms with Crippen LogP contribution in [0.15, 0.2) is 79.3 Å². The molecule has 0 amide bonds. The van der Waals surface area contributed by atoms with Crippen LogP contribution in [0.5, 0.6) is 0 Å². The van der Waals surface area contributed by atoms with Gasteiger partial charge in [-0.2, -0.15) is 0 Å². The fourth-order valence-electron chi connectivity index (χ4n) is 3.60. The molecule has 4 rings (SSSR count). The molecule has 1 unspecified atom stereocenters. The number of halogens is 2. The van der Waals surface area contributed by atoms with Crippen molar-refractivity contribution in [2.45, 2.75) is 19.4 Å². The number of hydrogen-bond donors (Lipinski definition) is 1. The lowest BCUT2D eigenvalue weighted by atomic mass is 9.96. The average Bonchev–Trinajstić information content (AvgIpc) is 3.14. The number of pyridine rings is 1. The Morgan fingerprint density at radius 1 is 1.00 bits per heavy atom. The van der Waals surface area contributed by atoms with Crippen molar-refractivity contribution in [3.05, 3.63) is 106 Å². The van der Waals surface area contributed by atoms with E-state index in [2.05, 4.69) is 18.1 Å². The number of aliphatic hydroxyl groups is 1. The van der Waals surface area contributed by atoms with Crippen molar-refractivity contribution in [2.24, 2.45) is 0 Å². The van der Waals surface area contributed by atoms with E-state index in [-0.39, 0.29) is 0 Å². The summed E-state index contributed by atoms with van der Waals surface area (Å²) < 4.78 is 1.99. The van der Waals surface area contributed by atoms with Gasteiger partial charge in [-0.05, 0) is 47.9 Å². The van der Waals surface area contributed by atoms with Crippen LogP contribution in [0.3, 0.4) is 0 Å². The van der Waals surface area contributed by atoms with Crippen molar-refractivity contribution < 1.29 is 5.11 Å². The largest absolute Gasteiger partial charge is 0.382 e. The molecule has 146 valence electrons. The third-order valence-corrected chi connectivity index (χ3v) is 5.58. The minimum absolute atomic E-state index is 0.618. The Kier molecular flexibility index (Phi) is 5.72. The lowest BCUT2D eigenvalue weighted by Crippen LogP contribution is -2.09. The van der Waals surface area contributed by atoms with Gasteiger partial charge in [0.15, 0.2) is 0 Å². The number of aromatic nitrogens is 2. The lowest BCUT2D eigenvalue weighted by molar-refractivity contribution is 0.213. The SMILES string of the molecule is CCc1cn(-c2ccccc2Cl)c(C(O)c2cccnc2)c1-c1ccc(Cl)cc1. The molecule has 29 heavy (non-hydrogen) atoms. The van der Waals surface area contributed by atoms with Gasteiger partial charge < -0.3 is 9.67 Å². The monoisotopic (exact) mass is 422 g/mol. The van der Waals surface area contributed by atoms with Gasteiger partial charge in [0.25, 0.3) is 0 Å². The summed E-state index contributed by atoms with van der Waals surface area (Å²) in [6.45, 7) is 2.10. The van der Waals surface area contributed by atoms with Gasteiger partial charge in [0, 0.05) is 34.7 Å². The number of rotatable bonds is 5. The van der Waals surface area contributed by atoms with Gasteiger partial charge in [-0.25, -0.2) is 0 Å². The summed E-state index contributed by atoms with van der Waals surface area (Å²) >= 11 is 12.6. The molecule has 4 aromatic rings. The van der Waals surface area contributed by atoms with Crippen molar-refractivity contribution in [2.75, 3.05) is 0 Å². The highest BCUT2D eigenvalue weighted by molar-refractivity contribution is 6.32. The molecule has 2 aromatic carbocycles. The number of aryl methyl sites for hydroxylation is 1. The normalized spacial score (nSPS) is 12.1. The molecule has 0 bridgehead atoms. The highest BCUT2D eigenvalue weighted by Gasteiger charge is 2.25. The van der Waals surface area contributed by atoms with E-state index in [1.165, 1.54) is 0 Å². The van der Waals surface area contributed by atoms with E-state index in [1.807, 2.05) is 65.2 Å². The summed E-state index contributed by atoms with van der Waals surface area (Å²) in [5.74, 6) is 0. The number of para-hydroxylation sites is 1. The van der Waals surface area contributed by atoms with Crippen LogP contribution in [0.1, 0.15) is 29.8 Å². The Labute approximate surface area is 180 Å². The van der Waals surface area contributed by atoms with Crippen molar-refractivity contribution >= 4 is 23.2 Å². The van der Waals surface area contributed by atoms with Crippen molar-refractivity contribution in [1.29, 1.82) is 0 Å². The molecule has 0 fully saturated rings. The molecule has 5 heteroatoms. The predicted molar refractivity (Wildman–Crippen MR) is 119 cm³/mol. The molecule has 0 spiro atoms. The number of benzene rings is 2. The fraction of sp³-hybridized carbons (Fsp3) is 0.125. The van der Waals surface area contributed by atoms with Crippen molar-refractivity contribution in [3.8, 4) is 16.8 Å². The smallest absolute Gasteiger partial charge is 0.121 e. The van der Waals surface area contributed by atoms with E-state index in [9.17, 15) is 5.11 Å². The van der Waals surface area contributed by atoms with Crippen LogP contribution in [0.25, 0.3) is 16.8 Å². The van der Waals surface area contributed by atoms with Gasteiger partial charge in [-0.3, -0.25) is 4.98 Å². The molecule has 0 saturated carbocycles. The Bertz CT molecular complexity index is 1120. The maximum absolute atomic E-state index is 11.4. The quantitative estimate of drug-likeness (QED) is 0.398. The van der Waals surface area contributed by atoms with Crippen molar-refractivity contribution in [1.82, 2.24) is 9.55 Å². The van der Waals surface area contributed by atoms with Crippen LogP contribution in [0.4, 0.5) is 0 Å². The van der Waals surface area contributed by atoms with E-state index in [1.54, 1.807) is 12.4 Å². The van der Waals surface area contributed by atoms with Gasteiger partial charge in [0.05, 0.1) is 16.4 Å². The summed E-state index contributed by atoms with van der Waals surface area (Å²) in [4.78, 5) is 4.18. The van der Waals surface area contributed by atoms with Gasteiger partial charge in [-0.1, -0.05) is 60.5 Å². The first kappa shape index (κ1) is 19.7. The average molecular weight is 423 g/mol. The van der Waals surface area contributed by atoms with Crippen LogP contribution in [-0.2, 0) is 6.42 Å². The van der Waals surface area contributed by atoms with Crippen LogP contribution in [-0.4, -0.2) is 14.7 Å². The highest BCUT2D eigenvalue weighted by atomic mass is 35.5. The highest BCUT2D eigenvalue weighted by Crippen LogP contribution is 2.39. The number of aliphatic hydroxyl groups excluding tert-OH is 1. The second-order valence-electron chi connectivity index (χ2n) is 6.79. The third-order valence-electron chi connectivity index (χ3n) is 5.01. The van der Waals surface area contributed by atoms with Crippen molar-refractivity contribution in [3.63, 3.8) is 0 Å². The molecule has 2 aromatic heterocycles. The second-order valence-corrected chi connectivity index (χ2v) is 7.63. The summed E-state index contributed by atoms with van der Waals surface area (Å²) in [5, 5.41) is 12.7. The zero-order valence-corrected chi connectivity index (χ0v) is 17.4. The second kappa shape index (κ2) is 8.42. The Morgan fingerprint density at radius 2 is 1.76 bits per heavy atom. The van der Waals surface area contributed by atoms with Crippen LogP contribution < -0.4 is 0 Å². The molecule has 3 nitrogen and oxygen atoms in total. The summed E-state index contributed by atoms with van der Waals surface area (Å²) in [5.41, 5.74) is 5.39. The fourth-order valence-corrected chi connectivity index (χ4v) is 3.96. The first-order valence-electron chi connectivity index (χ1n) is 9.43. The Hall–Kier alpha value is -2.59. The summed E-state index contributed by atoms with van der Waals surface area (Å²) in [6.07, 6.45) is 5.38. The van der Waals surface area contributed by atoms with Crippen LogP contribution >= 0.6 is 23.2 Å². The van der Waals surface area contributed by atoms with Gasteiger partial charge >= 0.3 is 0 Å². The maximum atomic E-state index is 11.4.